The molecule has 0 aromatic heterocycles. The van der Waals surface area contributed by atoms with Crippen molar-refractivity contribution in [1.29, 1.82) is 0 Å². The SMILES string of the molecule is CN(C)CCNC(=O)c1ccccc1NC(=O)COc1ccc(Cl)cc1Cl. The normalized spacial score (nSPS) is 10.6. The van der Waals surface area contributed by atoms with E-state index in [0.29, 0.717) is 33.6 Å². The number of benzene rings is 2. The second-order valence-corrected chi connectivity index (χ2v) is 6.86. The van der Waals surface area contributed by atoms with Gasteiger partial charge in [0.15, 0.2) is 6.61 Å². The highest BCUT2D eigenvalue weighted by molar-refractivity contribution is 6.35. The molecule has 0 saturated carbocycles. The first-order valence-electron chi connectivity index (χ1n) is 8.26. The molecule has 0 bridgehead atoms. The summed E-state index contributed by atoms with van der Waals surface area (Å²) in [6, 6.07) is 11.5. The van der Waals surface area contributed by atoms with Gasteiger partial charge in [-0.3, -0.25) is 9.59 Å². The molecule has 0 aliphatic heterocycles. The molecule has 2 rings (SSSR count). The van der Waals surface area contributed by atoms with Crippen molar-refractivity contribution in [2.75, 3.05) is 39.1 Å². The predicted octanol–water partition coefficient (Wildman–Crippen LogP) is 3.30. The molecule has 6 nitrogen and oxygen atoms in total. The maximum Gasteiger partial charge on any atom is 0.262 e. The molecule has 0 unspecified atom stereocenters. The lowest BCUT2D eigenvalue weighted by molar-refractivity contribution is -0.118. The largest absolute Gasteiger partial charge is 0.482 e. The Balaban J connectivity index is 1.96. The Morgan fingerprint density at radius 3 is 2.56 bits per heavy atom. The van der Waals surface area contributed by atoms with Gasteiger partial charge in [0.25, 0.3) is 11.8 Å². The molecule has 2 amide bonds. The second kappa shape index (κ2) is 10.2. The lowest BCUT2D eigenvalue weighted by atomic mass is 10.1. The van der Waals surface area contributed by atoms with Crippen LogP contribution in [0.25, 0.3) is 0 Å². The van der Waals surface area contributed by atoms with E-state index in [0.717, 1.165) is 6.54 Å². The fourth-order valence-electron chi connectivity index (χ4n) is 2.20. The third kappa shape index (κ3) is 6.75. The summed E-state index contributed by atoms with van der Waals surface area (Å²) in [5, 5.41) is 6.30. The van der Waals surface area contributed by atoms with E-state index in [-0.39, 0.29) is 12.5 Å². The molecule has 2 aromatic rings. The highest BCUT2D eigenvalue weighted by Crippen LogP contribution is 2.27. The van der Waals surface area contributed by atoms with Gasteiger partial charge < -0.3 is 20.3 Å². The van der Waals surface area contributed by atoms with Crippen molar-refractivity contribution in [3.8, 4) is 5.75 Å². The van der Waals surface area contributed by atoms with E-state index in [1.165, 1.54) is 6.07 Å². The van der Waals surface area contributed by atoms with Crippen molar-refractivity contribution in [2.45, 2.75) is 0 Å². The number of nitrogens with zero attached hydrogens (tertiary/aromatic N) is 1. The summed E-state index contributed by atoms with van der Waals surface area (Å²) < 4.78 is 5.41. The third-order valence-electron chi connectivity index (χ3n) is 3.54. The molecule has 2 aromatic carbocycles. The summed E-state index contributed by atoms with van der Waals surface area (Å²) in [6.45, 7) is 0.972. The van der Waals surface area contributed by atoms with Gasteiger partial charge in [0.2, 0.25) is 0 Å². The number of hydrogen-bond donors (Lipinski definition) is 2. The number of carbonyl (C=O) groups excluding carboxylic acids is 2. The number of nitrogens with one attached hydrogen (secondary N) is 2. The van der Waals surface area contributed by atoms with Gasteiger partial charge >= 0.3 is 0 Å². The van der Waals surface area contributed by atoms with Crippen LogP contribution in [-0.4, -0.2) is 50.5 Å². The summed E-state index contributed by atoms with van der Waals surface area (Å²) in [6.07, 6.45) is 0. The zero-order valence-electron chi connectivity index (χ0n) is 15.1. The molecule has 0 radical (unpaired) electrons. The monoisotopic (exact) mass is 409 g/mol. The molecular formula is C19H21Cl2N3O3. The van der Waals surface area contributed by atoms with Crippen LogP contribution >= 0.6 is 23.2 Å². The fourth-order valence-corrected chi connectivity index (χ4v) is 2.66. The smallest absolute Gasteiger partial charge is 0.262 e. The molecule has 8 heteroatoms. The Kier molecular flexibility index (Phi) is 7.91. The van der Waals surface area contributed by atoms with Crippen molar-refractivity contribution in [1.82, 2.24) is 10.2 Å². The van der Waals surface area contributed by atoms with E-state index < -0.39 is 5.91 Å². The maximum absolute atomic E-state index is 12.3. The van der Waals surface area contributed by atoms with E-state index in [9.17, 15) is 9.59 Å². The van der Waals surface area contributed by atoms with Crippen molar-refractivity contribution in [3.63, 3.8) is 0 Å². The minimum atomic E-state index is -0.408. The van der Waals surface area contributed by atoms with Crippen molar-refractivity contribution in [2.24, 2.45) is 0 Å². The average Bonchev–Trinajstić information content (AvgIpc) is 2.61. The molecule has 144 valence electrons. The minimum Gasteiger partial charge on any atom is -0.482 e. The van der Waals surface area contributed by atoms with Gasteiger partial charge in [-0.1, -0.05) is 35.3 Å². The third-order valence-corrected chi connectivity index (χ3v) is 4.07. The van der Waals surface area contributed by atoms with Gasteiger partial charge in [0, 0.05) is 18.1 Å². The number of hydrogen-bond acceptors (Lipinski definition) is 4. The van der Waals surface area contributed by atoms with Crippen molar-refractivity contribution >= 4 is 40.7 Å². The summed E-state index contributed by atoms with van der Waals surface area (Å²) in [7, 11) is 3.85. The van der Waals surface area contributed by atoms with E-state index >= 15 is 0 Å². The molecule has 0 aliphatic carbocycles. The van der Waals surface area contributed by atoms with Crippen LogP contribution in [-0.2, 0) is 4.79 Å². The Morgan fingerprint density at radius 1 is 1.11 bits per heavy atom. The van der Waals surface area contributed by atoms with Crippen LogP contribution in [0.5, 0.6) is 5.75 Å². The number of likely N-dealkylation sites (N-methyl/N-ethyl adjacent to an activating group) is 1. The van der Waals surface area contributed by atoms with Crippen LogP contribution in [0.15, 0.2) is 42.5 Å². The highest BCUT2D eigenvalue weighted by Gasteiger charge is 2.13. The van der Waals surface area contributed by atoms with Crippen LogP contribution in [0.1, 0.15) is 10.4 Å². The number of amides is 2. The zero-order valence-corrected chi connectivity index (χ0v) is 16.6. The first-order valence-corrected chi connectivity index (χ1v) is 9.02. The number of carbonyl (C=O) groups is 2. The number of anilines is 1. The van der Waals surface area contributed by atoms with Crippen LogP contribution in [0.4, 0.5) is 5.69 Å². The van der Waals surface area contributed by atoms with E-state index in [2.05, 4.69) is 10.6 Å². The van der Waals surface area contributed by atoms with Crippen LogP contribution in [0, 0.1) is 0 Å². The molecule has 0 spiro atoms. The van der Waals surface area contributed by atoms with Gasteiger partial charge in [0.1, 0.15) is 5.75 Å². The van der Waals surface area contributed by atoms with E-state index in [1.807, 2.05) is 19.0 Å². The first-order chi connectivity index (χ1) is 12.9. The van der Waals surface area contributed by atoms with Crippen LogP contribution in [0.2, 0.25) is 10.0 Å². The Hall–Kier alpha value is -2.28. The summed E-state index contributed by atoms with van der Waals surface area (Å²) in [5.74, 6) is -0.310. The molecule has 0 heterocycles. The predicted molar refractivity (Wildman–Crippen MR) is 108 cm³/mol. The van der Waals surface area contributed by atoms with Gasteiger partial charge in [-0.2, -0.15) is 0 Å². The molecule has 0 fully saturated rings. The second-order valence-electron chi connectivity index (χ2n) is 6.02. The average molecular weight is 410 g/mol. The number of para-hydroxylation sites is 1. The Labute approximate surface area is 168 Å². The number of ether oxygens (including phenoxy) is 1. The maximum atomic E-state index is 12.3. The molecule has 2 N–H and O–H groups in total. The van der Waals surface area contributed by atoms with Crippen molar-refractivity contribution in [3.05, 3.63) is 58.1 Å². The van der Waals surface area contributed by atoms with Crippen LogP contribution in [0.3, 0.4) is 0 Å². The minimum absolute atomic E-state index is 0.252. The fraction of sp³-hybridized carbons (Fsp3) is 0.263. The molecule has 0 atom stereocenters. The molecule has 27 heavy (non-hydrogen) atoms. The van der Waals surface area contributed by atoms with Crippen LogP contribution < -0.4 is 15.4 Å². The van der Waals surface area contributed by atoms with Gasteiger partial charge in [-0.05, 0) is 44.4 Å². The Morgan fingerprint density at radius 2 is 1.85 bits per heavy atom. The lowest BCUT2D eigenvalue weighted by Gasteiger charge is -2.14. The standard InChI is InChI=1S/C19H21Cl2N3O3/c1-24(2)10-9-22-19(26)14-5-3-4-6-16(14)23-18(25)12-27-17-8-7-13(20)11-15(17)21/h3-8,11H,9-10,12H2,1-2H3,(H,22,26)(H,23,25). The first kappa shape index (κ1) is 21.0. The van der Waals surface area contributed by atoms with Crippen molar-refractivity contribution < 1.29 is 14.3 Å². The summed E-state index contributed by atoms with van der Waals surface area (Å²) in [5.41, 5.74) is 0.796. The number of halogens is 2. The zero-order chi connectivity index (χ0) is 19.8. The highest BCUT2D eigenvalue weighted by atomic mass is 35.5. The molecular weight excluding hydrogens is 389 g/mol. The summed E-state index contributed by atoms with van der Waals surface area (Å²) >= 11 is 11.8. The molecule has 0 aliphatic rings. The molecule has 0 saturated heterocycles. The van der Waals surface area contributed by atoms with E-state index in [4.69, 9.17) is 27.9 Å². The van der Waals surface area contributed by atoms with E-state index in [1.54, 1.807) is 36.4 Å². The van der Waals surface area contributed by atoms with Gasteiger partial charge in [0.05, 0.1) is 16.3 Å². The lowest BCUT2D eigenvalue weighted by Crippen LogP contribution is -2.32. The van der Waals surface area contributed by atoms with Gasteiger partial charge in [-0.15, -0.1) is 0 Å². The quantitative estimate of drug-likeness (QED) is 0.701. The summed E-state index contributed by atoms with van der Waals surface area (Å²) in [4.78, 5) is 26.5. The number of rotatable bonds is 8. The van der Waals surface area contributed by atoms with Gasteiger partial charge in [-0.25, -0.2) is 0 Å². The topological polar surface area (TPSA) is 70.7 Å². The Bertz CT molecular complexity index is 813.